The van der Waals surface area contributed by atoms with Gasteiger partial charge in [0.05, 0.1) is 18.1 Å². The van der Waals surface area contributed by atoms with Crippen molar-refractivity contribution in [2.24, 2.45) is 0 Å². The predicted octanol–water partition coefficient (Wildman–Crippen LogP) is 1.57. The summed E-state index contributed by atoms with van der Waals surface area (Å²) in [6, 6.07) is 4.48. The number of nitrogens with zero attached hydrogens (tertiary/aromatic N) is 1. The van der Waals surface area contributed by atoms with Gasteiger partial charge in [-0.1, -0.05) is 6.07 Å². The first kappa shape index (κ1) is 15.6. The minimum atomic E-state index is -0.617. The van der Waals surface area contributed by atoms with Crippen LogP contribution in [0.15, 0.2) is 24.3 Å². The zero-order valence-electron chi connectivity index (χ0n) is 11.2. The van der Waals surface area contributed by atoms with Crippen LogP contribution in [0.25, 0.3) is 6.08 Å². The summed E-state index contributed by atoms with van der Waals surface area (Å²) in [5.74, 6) is -0.538. The lowest BCUT2D eigenvalue weighted by Crippen LogP contribution is -2.16. The Labute approximate surface area is 116 Å². The van der Waals surface area contributed by atoms with Crippen LogP contribution in [0, 0.1) is 10.1 Å². The molecule has 1 aromatic carbocycles. The molecule has 7 nitrogen and oxygen atoms in total. The van der Waals surface area contributed by atoms with Gasteiger partial charge in [0.25, 0.3) is 5.69 Å². The number of benzene rings is 1. The highest BCUT2D eigenvalue weighted by Crippen LogP contribution is 2.26. The van der Waals surface area contributed by atoms with Crippen molar-refractivity contribution in [2.45, 2.75) is 13.0 Å². The van der Waals surface area contributed by atoms with Crippen LogP contribution in [0.2, 0.25) is 0 Å². The summed E-state index contributed by atoms with van der Waals surface area (Å²) in [5, 5.41) is 23.0. The van der Waals surface area contributed by atoms with Crippen LogP contribution in [0.3, 0.4) is 0 Å². The first-order valence-electron chi connectivity index (χ1n) is 5.90. The molecule has 1 rings (SSSR count). The van der Waals surface area contributed by atoms with Crippen molar-refractivity contribution in [3.63, 3.8) is 0 Å². The molecule has 0 heterocycles. The van der Waals surface area contributed by atoms with Crippen LogP contribution in [0.4, 0.5) is 11.4 Å². The van der Waals surface area contributed by atoms with Gasteiger partial charge >= 0.3 is 5.97 Å². The van der Waals surface area contributed by atoms with E-state index in [1.165, 1.54) is 31.4 Å². The van der Waals surface area contributed by atoms with Crippen molar-refractivity contribution in [1.82, 2.24) is 0 Å². The number of nitro groups is 1. The Kier molecular flexibility index (Phi) is 5.67. The van der Waals surface area contributed by atoms with Crippen LogP contribution in [0.1, 0.15) is 12.5 Å². The molecule has 0 fully saturated rings. The van der Waals surface area contributed by atoms with E-state index in [0.717, 1.165) is 0 Å². The first-order chi connectivity index (χ1) is 9.43. The third-order valence-corrected chi connectivity index (χ3v) is 2.42. The van der Waals surface area contributed by atoms with E-state index in [1.807, 2.05) is 0 Å². The molecule has 0 radical (unpaired) electrons. The van der Waals surface area contributed by atoms with Crippen molar-refractivity contribution in [3.8, 4) is 0 Å². The molecule has 20 heavy (non-hydrogen) atoms. The highest BCUT2D eigenvalue weighted by Gasteiger charge is 2.14. The number of hydrogen-bond acceptors (Lipinski definition) is 6. The van der Waals surface area contributed by atoms with Crippen LogP contribution in [-0.4, -0.2) is 35.8 Å². The van der Waals surface area contributed by atoms with E-state index in [1.54, 1.807) is 13.0 Å². The molecular formula is C13H16N2O5. The summed E-state index contributed by atoms with van der Waals surface area (Å²) >= 11 is 0. The summed E-state index contributed by atoms with van der Waals surface area (Å²) in [4.78, 5) is 21.4. The fraction of sp³-hybridized carbons (Fsp3) is 0.308. The number of aliphatic hydroxyl groups is 1. The number of aliphatic hydroxyl groups excluding tert-OH is 1. The van der Waals surface area contributed by atoms with E-state index in [2.05, 4.69) is 10.1 Å². The number of rotatable bonds is 6. The maximum absolute atomic E-state index is 11.0. The summed E-state index contributed by atoms with van der Waals surface area (Å²) in [6.07, 6.45) is 1.99. The van der Waals surface area contributed by atoms with Gasteiger partial charge in [0.2, 0.25) is 0 Å². The fourth-order valence-electron chi connectivity index (χ4n) is 1.44. The molecule has 0 saturated heterocycles. The number of ether oxygens (including phenoxy) is 1. The quantitative estimate of drug-likeness (QED) is 0.355. The number of methoxy groups -OCH3 is 1. The number of carbonyl (C=O) groups is 1. The Balaban J connectivity index is 2.98. The van der Waals surface area contributed by atoms with E-state index in [4.69, 9.17) is 0 Å². The molecule has 0 aliphatic carbocycles. The van der Waals surface area contributed by atoms with Gasteiger partial charge in [-0.25, -0.2) is 4.79 Å². The van der Waals surface area contributed by atoms with E-state index in [9.17, 15) is 20.0 Å². The minimum absolute atomic E-state index is 0.127. The lowest BCUT2D eigenvalue weighted by molar-refractivity contribution is -0.384. The van der Waals surface area contributed by atoms with Gasteiger partial charge in [0, 0.05) is 18.7 Å². The van der Waals surface area contributed by atoms with Gasteiger partial charge in [-0.2, -0.15) is 0 Å². The third kappa shape index (κ3) is 4.69. The van der Waals surface area contributed by atoms with E-state index in [-0.39, 0.29) is 12.2 Å². The molecule has 1 atom stereocenters. The molecule has 0 saturated carbocycles. The van der Waals surface area contributed by atoms with Crippen LogP contribution >= 0.6 is 0 Å². The van der Waals surface area contributed by atoms with Gasteiger partial charge in [-0.05, 0) is 24.6 Å². The van der Waals surface area contributed by atoms with Crippen molar-refractivity contribution in [3.05, 3.63) is 40.0 Å². The number of nitrogens with one attached hydrogen (secondary N) is 1. The summed E-state index contributed by atoms with van der Waals surface area (Å²) in [6.45, 7) is 1.78. The highest BCUT2D eigenvalue weighted by molar-refractivity contribution is 5.87. The molecule has 0 aromatic heterocycles. The number of hydrogen-bond donors (Lipinski definition) is 2. The molecule has 1 unspecified atom stereocenters. The topological polar surface area (TPSA) is 102 Å². The Morgan fingerprint density at radius 3 is 2.85 bits per heavy atom. The minimum Gasteiger partial charge on any atom is -0.466 e. The van der Waals surface area contributed by atoms with Crippen molar-refractivity contribution < 1.29 is 19.6 Å². The zero-order chi connectivity index (χ0) is 15.1. The lowest BCUT2D eigenvalue weighted by atomic mass is 10.1. The lowest BCUT2D eigenvalue weighted by Gasteiger charge is -2.09. The smallest absolute Gasteiger partial charge is 0.330 e. The summed E-state index contributed by atoms with van der Waals surface area (Å²) < 4.78 is 4.44. The third-order valence-electron chi connectivity index (χ3n) is 2.42. The van der Waals surface area contributed by atoms with Gasteiger partial charge in [0.15, 0.2) is 0 Å². The number of esters is 1. The standard InChI is InChI=1S/C13H16N2O5/c1-9(16)8-14-11-5-3-10(4-6-13(17)20-2)7-12(11)15(18)19/h3-7,9,14,16H,8H2,1-2H3. The van der Waals surface area contributed by atoms with E-state index >= 15 is 0 Å². The average molecular weight is 280 g/mol. The molecule has 0 spiro atoms. The predicted molar refractivity (Wildman–Crippen MR) is 74.3 cm³/mol. The van der Waals surface area contributed by atoms with Crippen molar-refractivity contribution in [1.29, 1.82) is 0 Å². The zero-order valence-corrected chi connectivity index (χ0v) is 11.2. The first-order valence-corrected chi connectivity index (χ1v) is 5.90. The Hall–Kier alpha value is -2.41. The average Bonchev–Trinajstić information content (AvgIpc) is 2.42. The monoisotopic (exact) mass is 280 g/mol. The molecule has 0 aliphatic rings. The molecule has 0 amide bonds. The maximum atomic E-state index is 11.0. The number of carbonyl (C=O) groups excluding carboxylic acids is 1. The van der Waals surface area contributed by atoms with E-state index < -0.39 is 17.0 Å². The Bertz CT molecular complexity index is 525. The maximum Gasteiger partial charge on any atom is 0.330 e. The second kappa shape index (κ2) is 7.25. The fourth-order valence-corrected chi connectivity index (χ4v) is 1.44. The molecule has 2 N–H and O–H groups in total. The Morgan fingerprint density at radius 2 is 2.30 bits per heavy atom. The number of anilines is 1. The van der Waals surface area contributed by atoms with Gasteiger partial charge in [-0.15, -0.1) is 0 Å². The molecule has 1 aromatic rings. The highest BCUT2D eigenvalue weighted by atomic mass is 16.6. The largest absolute Gasteiger partial charge is 0.466 e. The van der Waals surface area contributed by atoms with Crippen molar-refractivity contribution in [2.75, 3.05) is 19.0 Å². The Morgan fingerprint density at radius 1 is 1.60 bits per heavy atom. The summed E-state index contributed by atoms with van der Waals surface area (Å²) in [7, 11) is 1.25. The second-order valence-electron chi connectivity index (χ2n) is 4.12. The van der Waals surface area contributed by atoms with Gasteiger partial charge in [0.1, 0.15) is 5.69 Å². The van der Waals surface area contributed by atoms with Crippen molar-refractivity contribution >= 4 is 23.4 Å². The van der Waals surface area contributed by atoms with Gasteiger partial charge in [-0.3, -0.25) is 10.1 Å². The van der Waals surface area contributed by atoms with Crippen LogP contribution < -0.4 is 5.32 Å². The number of nitro benzene ring substituents is 1. The van der Waals surface area contributed by atoms with Gasteiger partial charge < -0.3 is 15.2 Å². The van der Waals surface area contributed by atoms with Crippen LogP contribution in [0.5, 0.6) is 0 Å². The van der Waals surface area contributed by atoms with E-state index in [0.29, 0.717) is 11.3 Å². The molecule has 0 bridgehead atoms. The molecular weight excluding hydrogens is 264 g/mol. The molecule has 0 aliphatic heterocycles. The SMILES string of the molecule is COC(=O)C=Cc1ccc(NCC(C)O)c([N+](=O)[O-])c1. The molecule has 108 valence electrons. The normalized spacial score (nSPS) is 12.2. The molecule has 7 heteroatoms. The second-order valence-corrected chi connectivity index (χ2v) is 4.12. The summed E-state index contributed by atoms with van der Waals surface area (Å²) in [5.41, 5.74) is 0.688. The van der Waals surface area contributed by atoms with Crippen LogP contribution in [-0.2, 0) is 9.53 Å².